The van der Waals surface area contributed by atoms with Gasteiger partial charge in [-0.2, -0.15) is 18.3 Å². The van der Waals surface area contributed by atoms with Gasteiger partial charge in [-0.1, -0.05) is 12.1 Å². The number of alkyl halides is 3. The van der Waals surface area contributed by atoms with E-state index < -0.39 is 65.4 Å². The van der Waals surface area contributed by atoms with Crippen LogP contribution < -0.4 is 11.1 Å². The number of carbonyl (C=O) groups excluding carboxylic acids is 2. The van der Waals surface area contributed by atoms with E-state index in [1.807, 2.05) is 0 Å². The van der Waals surface area contributed by atoms with Crippen molar-refractivity contribution >= 4 is 11.8 Å². The Morgan fingerprint density at radius 1 is 1.09 bits per heavy atom. The first-order valence-electron chi connectivity index (χ1n) is 13.4. The zero-order chi connectivity index (χ0) is 31.8. The van der Waals surface area contributed by atoms with Crippen LogP contribution in [0.5, 0.6) is 0 Å². The molecule has 0 aliphatic heterocycles. The molecular formula is C30H25F6N5O3. The fourth-order valence-corrected chi connectivity index (χ4v) is 5.40. The number of aromatic nitrogens is 3. The molecule has 0 saturated carbocycles. The molecule has 0 bridgehead atoms. The lowest BCUT2D eigenvalue weighted by Gasteiger charge is -2.23. The lowest BCUT2D eigenvalue weighted by Crippen LogP contribution is -2.34. The molecule has 5 rings (SSSR count). The largest absolute Gasteiger partial charge is 0.435 e. The Morgan fingerprint density at radius 3 is 2.50 bits per heavy atom. The summed E-state index contributed by atoms with van der Waals surface area (Å²) in [6.45, 7) is -0.663. The summed E-state index contributed by atoms with van der Waals surface area (Å²) in [7, 11) is 0. The van der Waals surface area contributed by atoms with Crippen LogP contribution >= 0.6 is 0 Å². The highest BCUT2D eigenvalue weighted by atomic mass is 19.4. The van der Waals surface area contributed by atoms with Crippen LogP contribution in [0.1, 0.15) is 51.0 Å². The Kier molecular flexibility index (Phi) is 8.46. The van der Waals surface area contributed by atoms with E-state index >= 15 is 0 Å². The number of pyridine rings is 1. The number of fused-ring (bicyclic) bond motifs is 1. The van der Waals surface area contributed by atoms with Crippen LogP contribution in [0, 0.1) is 17.5 Å². The van der Waals surface area contributed by atoms with Gasteiger partial charge in [-0.3, -0.25) is 19.3 Å². The number of primary amides is 1. The summed E-state index contributed by atoms with van der Waals surface area (Å²) < 4.78 is 84.4. The van der Waals surface area contributed by atoms with Crippen molar-refractivity contribution < 1.29 is 41.0 Å². The summed E-state index contributed by atoms with van der Waals surface area (Å²) in [5, 5.41) is 16.4. The van der Waals surface area contributed by atoms with Crippen LogP contribution in [0.15, 0.2) is 54.7 Å². The normalized spacial score (nSPS) is 15.5. The average Bonchev–Trinajstić information content (AvgIpc) is 3.30. The van der Waals surface area contributed by atoms with Crippen LogP contribution in [0.25, 0.3) is 11.1 Å². The highest BCUT2D eigenvalue weighted by molar-refractivity contribution is 5.94. The zero-order valence-electron chi connectivity index (χ0n) is 22.8. The van der Waals surface area contributed by atoms with E-state index in [4.69, 9.17) is 5.73 Å². The van der Waals surface area contributed by atoms with E-state index in [1.165, 1.54) is 24.4 Å². The molecule has 1 aliphatic rings. The molecule has 4 aromatic rings. The Bertz CT molecular complexity index is 1720. The van der Waals surface area contributed by atoms with Crippen molar-refractivity contribution in [3.05, 3.63) is 106 Å². The van der Waals surface area contributed by atoms with Gasteiger partial charge in [-0.25, -0.2) is 13.2 Å². The predicted molar refractivity (Wildman–Crippen MR) is 144 cm³/mol. The molecule has 2 atom stereocenters. The van der Waals surface area contributed by atoms with Gasteiger partial charge in [-0.05, 0) is 60.7 Å². The number of nitrogens with two attached hydrogens (primary N) is 1. The number of aliphatic hydroxyl groups excluding tert-OH is 1. The van der Waals surface area contributed by atoms with Crippen LogP contribution in [0.3, 0.4) is 0 Å². The molecule has 2 aromatic carbocycles. The number of rotatable bonds is 8. The molecule has 2 aromatic heterocycles. The monoisotopic (exact) mass is 617 g/mol. The summed E-state index contributed by atoms with van der Waals surface area (Å²) in [6.07, 6.45) is -4.60. The van der Waals surface area contributed by atoms with E-state index in [0.29, 0.717) is 11.6 Å². The minimum Gasteiger partial charge on any atom is -0.393 e. The van der Waals surface area contributed by atoms with Gasteiger partial charge in [0.15, 0.2) is 5.69 Å². The third-order valence-corrected chi connectivity index (χ3v) is 7.29. The van der Waals surface area contributed by atoms with Gasteiger partial charge in [0.2, 0.25) is 5.91 Å². The Balaban J connectivity index is 1.53. The topological polar surface area (TPSA) is 123 Å². The molecule has 44 heavy (non-hydrogen) atoms. The molecule has 2 amide bonds. The highest BCUT2D eigenvalue weighted by Crippen LogP contribution is 2.36. The van der Waals surface area contributed by atoms with Crippen LogP contribution in [-0.4, -0.2) is 37.8 Å². The van der Waals surface area contributed by atoms with Crippen molar-refractivity contribution in [2.75, 3.05) is 0 Å². The van der Waals surface area contributed by atoms with Gasteiger partial charge in [0, 0.05) is 35.5 Å². The molecule has 8 nitrogen and oxygen atoms in total. The SMILES string of the molecule is NC(=O)c1cc(-c2cccnc2C(Cc2cc(F)cc(F)c2)NC(=O)Cn2nc(C(F)(F)F)c3c2CC(O)CC3)ccc1F. The first kappa shape index (κ1) is 30.7. The van der Waals surface area contributed by atoms with Crippen molar-refractivity contribution in [2.24, 2.45) is 5.73 Å². The number of halogens is 6. The van der Waals surface area contributed by atoms with E-state index in [9.17, 15) is 41.0 Å². The first-order valence-corrected chi connectivity index (χ1v) is 13.4. The van der Waals surface area contributed by atoms with E-state index in [-0.39, 0.29) is 53.8 Å². The molecule has 0 radical (unpaired) electrons. The molecular weight excluding hydrogens is 592 g/mol. The van der Waals surface area contributed by atoms with Gasteiger partial charge < -0.3 is 16.2 Å². The number of nitrogens with zero attached hydrogens (tertiary/aromatic N) is 3. The summed E-state index contributed by atoms with van der Waals surface area (Å²) in [4.78, 5) is 29.5. The number of nitrogens with one attached hydrogen (secondary N) is 1. The minimum absolute atomic E-state index is 0.0665. The van der Waals surface area contributed by atoms with Crippen LogP contribution in [0.2, 0.25) is 0 Å². The van der Waals surface area contributed by atoms with E-state index in [1.54, 1.807) is 6.07 Å². The van der Waals surface area contributed by atoms with Crippen molar-refractivity contribution in [2.45, 2.75) is 50.6 Å². The summed E-state index contributed by atoms with van der Waals surface area (Å²) in [5.74, 6) is -4.45. The van der Waals surface area contributed by atoms with E-state index in [2.05, 4.69) is 15.4 Å². The number of carbonyl (C=O) groups is 2. The van der Waals surface area contributed by atoms with Crippen LogP contribution in [-0.2, 0) is 36.8 Å². The maximum atomic E-state index is 14.2. The fourth-order valence-electron chi connectivity index (χ4n) is 5.40. The van der Waals surface area contributed by atoms with Gasteiger partial charge in [0.05, 0.1) is 23.4 Å². The Hall–Kier alpha value is -4.72. The average molecular weight is 618 g/mol. The van der Waals surface area contributed by atoms with Gasteiger partial charge in [0.25, 0.3) is 5.91 Å². The molecule has 2 heterocycles. The second-order valence-corrected chi connectivity index (χ2v) is 10.4. The summed E-state index contributed by atoms with van der Waals surface area (Å²) >= 11 is 0. The Labute approximate surface area is 246 Å². The van der Waals surface area contributed by atoms with Crippen molar-refractivity contribution in [3.8, 4) is 11.1 Å². The fraction of sp³-hybridized carbons (Fsp3) is 0.267. The lowest BCUT2D eigenvalue weighted by molar-refractivity contribution is -0.142. The standard InChI is InChI=1S/C30H25F6N5O3/c31-17-8-15(9-18(32)12-17)10-24(27-20(2-1-7-38-27)16-3-6-23(33)22(11-16)29(37)44)39-26(43)14-41-25-13-19(42)4-5-21(25)28(40-41)30(34,35)36/h1-3,6-9,11-12,19,24,42H,4-5,10,13-14H2,(H2,37,44)(H,39,43). The van der Waals surface area contributed by atoms with Crippen molar-refractivity contribution in [1.82, 2.24) is 20.1 Å². The summed E-state index contributed by atoms with van der Waals surface area (Å²) in [5.41, 5.74) is 4.64. The second-order valence-electron chi connectivity index (χ2n) is 10.4. The maximum Gasteiger partial charge on any atom is 0.435 e. The highest BCUT2D eigenvalue weighted by Gasteiger charge is 2.40. The zero-order valence-corrected chi connectivity index (χ0v) is 22.8. The number of amides is 2. The number of benzene rings is 2. The predicted octanol–water partition coefficient (Wildman–Crippen LogP) is 4.43. The molecule has 0 spiro atoms. The quantitative estimate of drug-likeness (QED) is 0.253. The number of hydrogen-bond donors (Lipinski definition) is 3. The van der Waals surface area contributed by atoms with Crippen LogP contribution in [0.4, 0.5) is 26.3 Å². The number of aliphatic hydroxyl groups is 1. The second kappa shape index (κ2) is 12.1. The molecule has 14 heteroatoms. The van der Waals surface area contributed by atoms with Gasteiger partial charge in [0.1, 0.15) is 24.0 Å². The molecule has 2 unspecified atom stereocenters. The smallest absolute Gasteiger partial charge is 0.393 e. The van der Waals surface area contributed by atoms with Gasteiger partial charge >= 0.3 is 6.18 Å². The lowest BCUT2D eigenvalue weighted by atomic mass is 9.93. The first-order chi connectivity index (χ1) is 20.8. The third kappa shape index (κ3) is 6.59. The third-order valence-electron chi connectivity index (χ3n) is 7.29. The molecule has 0 fully saturated rings. The minimum atomic E-state index is -4.78. The molecule has 0 saturated heterocycles. The Morgan fingerprint density at radius 2 is 1.82 bits per heavy atom. The van der Waals surface area contributed by atoms with Crippen molar-refractivity contribution in [3.63, 3.8) is 0 Å². The van der Waals surface area contributed by atoms with E-state index in [0.717, 1.165) is 22.9 Å². The molecule has 4 N–H and O–H groups in total. The molecule has 1 aliphatic carbocycles. The summed E-state index contributed by atoms with van der Waals surface area (Å²) in [6, 6.07) is 8.32. The number of hydrogen-bond acceptors (Lipinski definition) is 5. The maximum absolute atomic E-state index is 14.2. The molecule has 230 valence electrons. The van der Waals surface area contributed by atoms with Crippen molar-refractivity contribution in [1.29, 1.82) is 0 Å². The van der Waals surface area contributed by atoms with Gasteiger partial charge in [-0.15, -0.1) is 0 Å².